The molecule has 8 heteroatoms. The van der Waals surface area contributed by atoms with Gasteiger partial charge in [-0.05, 0) is 35.7 Å². The molecule has 1 N–H and O–H groups in total. The van der Waals surface area contributed by atoms with Crippen LogP contribution in [-0.2, 0) is 0 Å². The zero-order chi connectivity index (χ0) is 19.3. The molecular formula is C20H14BrN3O3S. The molecule has 0 bridgehead atoms. The minimum atomic E-state index is -0.493. The summed E-state index contributed by atoms with van der Waals surface area (Å²) in [6.45, 7) is 0. The first-order valence-corrected chi connectivity index (χ1v) is 10.3. The Bertz CT molecular complexity index is 1100. The van der Waals surface area contributed by atoms with Crippen LogP contribution in [-0.4, -0.2) is 9.93 Å². The number of hydrogen-bond donors (Lipinski definition) is 1. The van der Waals surface area contributed by atoms with E-state index >= 15 is 0 Å². The van der Waals surface area contributed by atoms with Crippen LogP contribution >= 0.6 is 27.3 Å². The average molecular weight is 456 g/mol. The highest BCUT2D eigenvalue weighted by molar-refractivity contribution is 9.10. The molecule has 0 radical (unpaired) electrons. The first kappa shape index (κ1) is 17.4. The maximum atomic E-state index is 11.2. The molecule has 0 aliphatic carbocycles. The number of ether oxygens (including phenoxy) is 1. The van der Waals surface area contributed by atoms with Crippen molar-refractivity contribution in [1.29, 1.82) is 0 Å². The van der Waals surface area contributed by atoms with Crippen molar-refractivity contribution in [1.82, 2.24) is 10.4 Å². The van der Waals surface area contributed by atoms with Crippen molar-refractivity contribution in [3.63, 3.8) is 0 Å². The monoisotopic (exact) mass is 455 g/mol. The van der Waals surface area contributed by atoms with Gasteiger partial charge in [0.2, 0.25) is 0 Å². The van der Waals surface area contributed by atoms with Crippen molar-refractivity contribution < 1.29 is 9.66 Å². The van der Waals surface area contributed by atoms with Gasteiger partial charge < -0.3 is 10.2 Å². The fourth-order valence-electron chi connectivity index (χ4n) is 3.55. The van der Waals surface area contributed by atoms with E-state index < -0.39 is 6.23 Å². The third kappa shape index (κ3) is 2.90. The summed E-state index contributed by atoms with van der Waals surface area (Å²) in [6.07, 6.45) is 1.68. The molecule has 0 fully saturated rings. The van der Waals surface area contributed by atoms with Crippen LogP contribution in [0, 0.1) is 10.1 Å². The van der Waals surface area contributed by atoms with Crippen LogP contribution in [0.3, 0.4) is 0 Å². The predicted molar refractivity (Wildman–Crippen MR) is 111 cm³/mol. The number of nitrogens with zero attached hydrogens (tertiary/aromatic N) is 2. The molecule has 0 spiro atoms. The Morgan fingerprint density at radius 2 is 2.07 bits per heavy atom. The lowest BCUT2D eigenvalue weighted by Crippen LogP contribution is -2.43. The van der Waals surface area contributed by atoms with Gasteiger partial charge in [0, 0.05) is 27.7 Å². The Morgan fingerprint density at radius 3 is 2.86 bits per heavy atom. The number of nitrogens with one attached hydrogen (secondary N) is 1. The van der Waals surface area contributed by atoms with Gasteiger partial charge >= 0.3 is 0 Å². The molecule has 6 nitrogen and oxygen atoms in total. The van der Waals surface area contributed by atoms with E-state index in [1.54, 1.807) is 23.5 Å². The van der Waals surface area contributed by atoms with Crippen LogP contribution in [0.4, 0.5) is 5.69 Å². The quantitative estimate of drug-likeness (QED) is 0.422. The van der Waals surface area contributed by atoms with Crippen LogP contribution in [0.1, 0.15) is 28.3 Å². The van der Waals surface area contributed by atoms with E-state index in [9.17, 15) is 10.1 Å². The van der Waals surface area contributed by atoms with Crippen LogP contribution in [0.5, 0.6) is 5.75 Å². The lowest BCUT2D eigenvalue weighted by molar-refractivity contribution is -0.385. The number of nitro benzene ring substituents is 1. The largest absolute Gasteiger partial charge is 0.469 e. The SMILES string of the molecule is O=[N+]([O-])c1cccc([C@@H]2Oc3ccc(Br)cc3[C@H]3C=C(c4cccs4)NN32)c1. The Morgan fingerprint density at radius 1 is 1.18 bits per heavy atom. The Hall–Kier alpha value is -2.68. The first-order chi connectivity index (χ1) is 13.6. The maximum Gasteiger partial charge on any atom is 0.269 e. The molecule has 3 heterocycles. The zero-order valence-corrected chi connectivity index (χ0v) is 16.8. The van der Waals surface area contributed by atoms with Gasteiger partial charge in [0.15, 0.2) is 6.23 Å². The van der Waals surface area contributed by atoms with Crippen molar-refractivity contribution in [2.24, 2.45) is 0 Å². The van der Waals surface area contributed by atoms with E-state index in [-0.39, 0.29) is 16.7 Å². The Labute approximate surface area is 173 Å². The fourth-order valence-corrected chi connectivity index (χ4v) is 4.63. The molecule has 140 valence electrons. The van der Waals surface area contributed by atoms with Crippen molar-refractivity contribution in [2.75, 3.05) is 0 Å². The number of non-ortho nitro benzene ring substituents is 1. The number of nitro groups is 1. The molecule has 5 rings (SSSR count). The lowest BCUT2D eigenvalue weighted by Gasteiger charge is -2.38. The van der Waals surface area contributed by atoms with Gasteiger partial charge in [-0.15, -0.1) is 11.3 Å². The number of fused-ring (bicyclic) bond motifs is 3. The van der Waals surface area contributed by atoms with Gasteiger partial charge in [-0.25, -0.2) is 0 Å². The van der Waals surface area contributed by atoms with E-state index in [4.69, 9.17) is 4.74 Å². The third-order valence-corrected chi connectivity index (χ3v) is 6.20. The summed E-state index contributed by atoms with van der Waals surface area (Å²) >= 11 is 5.20. The third-order valence-electron chi connectivity index (χ3n) is 4.81. The first-order valence-electron chi connectivity index (χ1n) is 8.61. The molecule has 0 saturated heterocycles. The molecule has 2 aliphatic heterocycles. The van der Waals surface area contributed by atoms with Gasteiger partial charge in [0.1, 0.15) is 5.75 Å². The van der Waals surface area contributed by atoms with Crippen LogP contribution in [0.25, 0.3) is 5.70 Å². The Kier molecular flexibility index (Phi) is 4.19. The number of thiophene rings is 1. The summed E-state index contributed by atoms with van der Waals surface area (Å²) in [5, 5.41) is 15.3. The molecule has 0 unspecified atom stereocenters. The molecule has 0 amide bonds. The number of hydrazine groups is 1. The highest BCUT2D eigenvalue weighted by Crippen LogP contribution is 2.47. The van der Waals surface area contributed by atoms with Gasteiger partial charge in [-0.2, -0.15) is 5.01 Å². The standard InChI is InChI=1S/C20H14BrN3O3S/c21-13-6-7-18-15(10-13)17-11-16(19-5-2-8-28-19)22-23(17)20(27-18)12-3-1-4-14(9-12)24(25)26/h1-11,17,20,22H/t17-,20+/m1/s1. The van der Waals surface area contributed by atoms with Crippen molar-refractivity contribution in [3.8, 4) is 5.75 Å². The minimum absolute atomic E-state index is 0.0462. The summed E-state index contributed by atoms with van der Waals surface area (Å²) in [4.78, 5) is 12.0. The smallest absolute Gasteiger partial charge is 0.269 e. The van der Waals surface area contributed by atoms with Crippen molar-refractivity contribution in [3.05, 3.63) is 96.6 Å². The number of rotatable bonds is 3. The number of benzene rings is 2. The molecule has 3 aromatic rings. The topological polar surface area (TPSA) is 67.6 Å². The maximum absolute atomic E-state index is 11.2. The van der Waals surface area contributed by atoms with Crippen molar-refractivity contribution in [2.45, 2.75) is 12.3 Å². The van der Waals surface area contributed by atoms with Crippen LogP contribution in [0.2, 0.25) is 0 Å². The van der Waals surface area contributed by atoms with Gasteiger partial charge in [0.25, 0.3) is 5.69 Å². The van der Waals surface area contributed by atoms with Crippen LogP contribution < -0.4 is 10.2 Å². The molecule has 1 aromatic heterocycles. The second-order valence-corrected chi connectivity index (χ2v) is 8.39. The molecular weight excluding hydrogens is 442 g/mol. The summed E-state index contributed by atoms with van der Waals surface area (Å²) in [5.74, 6) is 0.770. The molecule has 0 saturated carbocycles. The average Bonchev–Trinajstić information content (AvgIpc) is 3.37. The summed E-state index contributed by atoms with van der Waals surface area (Å²) in [5.41, 5.74) is 6.26. The fraction of sp³-hybridized carbons (Fsp3) is 0.100. The van der Waals surface area contributed by atoms with Gasteiger partial charge in [0.05, 0.1) is 21.5 Å². The summed E-state index contributed by atoms with van der Waals surface area (Å²) in [7, 11) is 0. The number of hydrogen-bond acceptors (Lipinski definition) is 6. The van der Waals surface area contributed by atoms with Crippen molar-refractivity contribution >= 4 is 38.7 Å². The molecule has 2 atom stereocenters. The molecule has 2 aromatic carbocycles. The van der Waals surface area contributed by atoms with E-state index in [0.717, 1.165) is 31.9 Å². The lowest BCUT2D eigenvalue weighted by atomic mass is 10.0. The van der Waals surface area contributed by atoms with Crippen LogP contribution in [0.15, 0.2) is 70.5 Å². The summed E-state index contributed by atoms with van der Waals surface area (Å²) in [6, 6.07) is 16.5. The van der Waals surface area contributed by atoms with Gasteiger partial charge in [-0.1, -0.05) is 34.1 Å². The normalized spacial score (nSPS) is 20.5. The predicted octanol–water partition coefficient (Wildman–Crippen LogP) is 5.41. The highest BCUT2D eigenvalue weighted by Gasteiger charge is 2.40. The van der Waals surface area contributed by atoms with E-state index in [0.29, 0.717) is 0 Å². The van der Waals surface area contributed by atoms with E-state index in [2.05, 4.69) is 33.5 Å². The molecule has 28 heavy (non-hydrogen) atoms. The minimum Gasteiger partial charge on any atom is -0.469 e. The second-order valence-electron chi connectivity index (χ2n) is 6.53. The number of halogens is 1. The summed E-state index contributed by atoms with van der Waals surface area (Å²) < 4.78 is 7.25. The van der Waals surface area contributed by atoms with E-state index in [1.807, 2.05) is 40.7 Å². The van der Waals surface area contributed by atoms with Gasteiger partial charge in [-0.3, -0.25) is 10.1 Å². The second kappa shape index (κ2) is 6.73. The highest BCUT2D eigenvalue weighted by atomic mass is 79.9. The Balaban J connectivity index is 1.61. The molecule has 2 aliphatic rings. The zero-order valence-electron chi connectivity index (χ0n) is 14.4. The van der Waals surface area contributed by atoms with E-state index in [1.165, 1.54) is 6.07 Å².